The molecule has 0 saturated carbocycles. The standard InChI is InChI=1S/C12H18N2O2.BrH/c1-3-11(4-2)13-9-10-6-5-7-12(8-10)14(15)16;/h5-8,11,13H,3-4,9H2,1-2H3;1H. The van der Waals surface area contributed by atoms with Crippen molar-refractivity contribution in [3.63, 3.8) is 0 Å². The molecule has 0 atom stereocenters. The van der Waals surface area contributed by atoms with Gasteiger partial charge in [0.05, 0.1) is 4.92 Å². The lowest BCUT2D eigenvalue weighted by Gasteiger charge is -2.14. The molecule has 17 heavy (non-hydrogen) atoms. The molecule has 0 saturated heterocycles. The van der Waals surface area contributed by atoms with Gasteiger partial charge in [-0.25, -0.2) is 0 Å². The van der Waals surface area contributed by atoms with Gasteiger partial charge in [-0.15, -0.1) is 17.0 Å². The van der Waals surface area contributed by atoms with Crippen LogP contribution in [0.15, 0.2) is 24.3 Å². The molecular formula is C12H19BrN2O2. The number of nitro benzene ring substituents is 1. The first-order valence-electron chi connectivity index (χ1n) is 5.64. The maximum atomic E-state index is 10.6. The Hall–Kier alpha value is -0.940. The predicted octanol–water partition coefficient (Wildman–Crippen LogP) is 3.45. The van der Waals surface area contributed by atoms with Crippen LogP contribution >= 0.6 is 17.0 Å². The molecule has 0 aliphatic rings. The van der Waals surface area contributed by atoms with E-state index in [2.05, 4.69) is 19.2 Å². The lowest BCUT2D eigenvalue weighted by Crippen LogP contribution is -2.26. The minimum atomic E-state index is -0.360. The van der Waals surface area contributed by atoms with Crippen molar-refractivity contribution in [2.45, 2.75) is 39.3 Å². The molecule has 0 unspecified atom stereocenters. The molecule has 0 bridgehead atoms. The first-order chi connectivity index (χ1) is 7.67. The highest BCUT2D eigenvalue weighted by Crippen LogP contribution is 2.13. The van der Waals surface area contributed by atoms with Gasteiger partial charge in [-0.3, -0.25) is 10.1 Å². The van der Waals surface area contributed by atoms with Gasteiger partial charge in [0.1, 0.15) is 0 Å². The van der Waals surface area contributed by atoms with Crippen molar-refractivity contribution in [3.05, 3.63) is 39.9 Å². The Bertz CT molecular complexity index is 354. The summed E-state index contributed by atoms with van der Waals surface area (Å²) in [5.41, 5.74) is 1.12. The SMILES string of the molecule is Br.CCC(CC)NCc1cccc([N+](=O)[O-])c1. The summed E-state index contributed by atoms with van der Waals surface area (Å²) in [6.07, 6.45) is 2.15. The summed E-state index contributed by atoms with van der Waals surface area (Å²) < 4.78 is 0. The van der Waals surface area contributed by atoms with E-state index in [0.717, 1.165) is 18.4 Å². The molecule has 4 nitrogen and oxygen atoms in total. The molecule has 0 amide bonds. The Kier molecular flexibility index (Phi) is 7.74. The number of benzene rings is 1. The molecule has 1 rings (SSSR count). The number of nitro groups is 1. The number of non-ortho nitro benzene ring substituents is 1. The van der Waals surface area contributed by atoms with Gasteiger partial charge in [-0.2, -0.15) is 0 Å². The highest BCUT2D eigenvalue weighted by atomic mass is 79.9. The fraction of sp³-hybridized carbons (Fsp3) is 0.500. The van der Waals surface area contributed by atoms with Gasteiger partial charge in [-0.05, 0) is 18.4 Å². The number of halogens is 1. The fourth-order valence-corrected chi connectivity index (χ4v) is 1.62. The maximum Gasteiger partial charge on any atom is 0.269 e. The fourth-order valence-electron chi connectivity index (χ4n) is 1.62. The maximum absolute atomic E-state index is 10.6. The topological polar surface area (TPSA) is 55.2 Å². The quantitative estimate of drug-likeness (QED) is 0.647. The van der Waals surface area contributed by atoms with Crippen LogP contribution in [-0.4, -0.2) is 11.0 Å². The summed E-state index contributed by atoms with van der Waals surface area (Å²) in [5, 5.41) is 14.0. The Morgan fingerprint density at radius 3 is 2.53 bits per heavy atom. The number of nitrogens with zero attached hydrogens (tertiary/aromatic N) is 1. The normalized spacial score (nSPS) is 10.1. The molecule has 0 spiro atoms. The molecule has 0 aliphatic heterocycles. The molecule has 5 heteroatoms. The van der Waals surface area contributed by atoms with E-state index in [1.165, 1.54) is 6.07 Å². The third-order valence-electron chi connectivity index (χ3n) is 2.70. The van der Waals surface area contributed by atoms with E-state index in [1.54, 1.807) is 12.1 Å². The summed E-state index contributed by atoms with van der Waals surface area (Å²) in [6.45, 7) is 4.96. The third-order valence-corrected chi connectivity index (χ3v) is 2.70. The predicted molar refractivity (Wildman–Crippen MR) is 74.6 cm³/mol. The zero-order chi connectivity index (χ0) is 12.0. The minimum absolute atomic E-state index is 0. The Morgan fingerprint density at radius 1 is 1.35 bits per heavy atom. The molecule has 0 fully saturated rings. The van der Waals surface area contributed by atoms with Crippen LogP contribution < -0.4 is 5.32 Å². The smallest absolute Gasteiger partial charge is 0.269 e. The van der Waals surface area contributed by atoms with Crippen LogP contribution in [0.2, 0.25) is 0 Å². The van der Waals surface area contributed by atoms with Gasteiger partial charge < -0.3 is 5.32 Å². The number of rotatable bonds is 6. The monoisotopic (exact) mass is 302 g/mol. The summed E-state index contributed by atoms with van der Waals surface area (Å²) >= 11 is 0. The van der Waals surface area contributed by atoms with Crippen molar-refractivity contribution in [1.29, 1.82) is 0 Å². The number of hydrogen-bond acceptors (Lipinski definition) is 3. The Morgan fingerprint density at radius 2 is 2.00 bits per heavy atom. The van der Waals surface area contributed by atoms with Crippen LogP contribution in [0.5, 0.6) is 0 Å². The van der Waals surface area contributed by atoms with Gasteiger partial charge in [-0.1, -0.05) is 26.0 Å². The molecule has 0 aliphatic carbocycles. The van der Waals surface area contributed by atoms with Crippen molar-refractivity contribution in [2.75, 3.05) is 0 Å². The first-order valence-corrected chi connectivity index (χ1v) is 5.64. The zero-order valence-electron chi connectivity index (χ0n) is 10.2. The van der Waals surface area contributed by atoms with Crippen molar-refractivity contribution >= 4 is 22.7 Å². The lowest BCUT2D eigenvalue weighted by molar-refractivity contribution is -0.384. The number of nitrogens with one attached hydrogen (secondary N) is 1. The first kappa shape index (κ1) is 16.1. The highest BCUT2D eigenvalue weighted by molar-refractivity contribution is 8.93. The van der Waals surface area contributed by atoms with E-state index in [0.29, 0.717) is 12.6 Å². The highest BCUT2D eigenvalue weighted by Gasteiger charge is 2.07. The van der Waals surface area contributed by atoms with Gasteiger partial charge in [0.25, 0.3) is 5.69 Å². The largest absolute Gasteiger partial charge is 0.310 e. The van der Waals surface area contributed by atoms with E-state index in [4.69, 9.17) is 0 Å². The van der Waals surface area contributed by atoms with Gasteiger partial charge in [0, 0.05) is 24.7 Å². The molecule has 1 aromatic carbocycles. The average Bonchev–Trinajstić information content (AvgIpc) is 2.31. The van der Waals surface area contributed by atoms with Gasteiger partial charge in [0.2, 0.25) is 0 Å². The second-order valence-electron chi connectivity index (χ2n) is 3.82. The average molecular weight is 303 g/mol. The van der Waals surface area contributed by atoms with Crippen LogP contribution in [0.25, 0.3) is 0 Å². The summed E-state index contributed by atoms with van der Waals surface area (Å²) in [4.78, 5) is 10.2. The van der Waals surface area contributed by atoms with Crippen molar-refractivity contribution in [1.82, 2.24) is 5.32 Å². The van der Waals surface area contributed by atoms with E-state index in [1.807, 2.05) is 6.07 Å². The Labute approximate surface area is 112 Å². The lowest BCUT2D eigenvalue weighted by atomic mass is 10.1. The van der Waals surface area contributed by atoms with E-state index >= 15 is 0 Å². The molecule has 0 radical (unpaired) electrons. The van der Waals surface area contributed by atoms with Crippen LogP contribution in [0, 0.1) is 10.1 Å². The van der Waals surface area contributed by atoms with Crippen molar-refractivity contribution < 1.29 is 4.92 Å². The third kappa shape index (κ3) is 5.28. The molecule has 96 valence electrons. The van der Waals surface area contributed by atoms with Crippen LogP contribution in [0.3, 0.4) is 0 Å². The molecule has 1 aromatic rings. The second kappa shape index (κ2) is 8.20. The molecular weight excluding hydrogens is 284 g/mol. The van der Waals surface area contributed by atoms with E-state index in [9.17, 15) is 10.1 Å². The van der Waals surface area contributed by atoms with Crippen LogP contribution in [0.1, 0.15) is 32.3 Å². The molecule has 0 heterocycles. The Balaban J connectivity index is 0.00000256. The van der Waals surface area contributed by atoms with Crippen molar-refractivity contribution in [2.24, 2.45) is 0 Å². The van der Waals surface area contributed by atoms with Gasteiger partial charge in [0.15, 0.2) is 0 Å². The van der Waals surface area contributed by atoms with Crippen LogP contribution in [0.4, 0.5) is 5.69 Å². The summed E-state index contributed by atoms with van der Waals surface area (Å²) in [5.74, 6) is 0. The van der Waals surface area contributed by atoms with E-state index < -0.39 is 0 Å². The summed E-state index contributed by atoms with van der Waals surface area (Å²) in [7, 11) is 0. The zero-order valence-corrected chi connectivity index (χ0v) is 11.9. The van der Waals surface area contributed by atoms with Gasteiger partial charge >= 0.3 is 0 Å². The van der Waals surface area contributed by atoms with E-state index in [-0.39, 0.29) is 27.6 Å². The molecule has 0 aromatic heterocycles. The second-order valence-corrected chi connectivity index (χ2v) is 3.82. The summed E-state index contributed by atoms with van der Waals surface area (Å²) in [6, 6.07) is 7.25. The van der Waals surface area contributed by atoms with Crippen molar-refractivity contribution in [3.8, 4) is 0 Å². The minimum Gasteiger partial charge on any atom is -0.310 e. The molecule has 1 N–H and O–H groups in total. The van der Waals surface area contributed by atoms with Crippen LogP contribution in [-0.2, 0) is 6.54 Å². The number of hydrogen-bond donors (Lipinski definition) is 1.